The number of hydrogen-bond donors (Lipinski definition) is 3. The largest absolute Gasteiger partial charge is 0.493 e. The summed E-state index contributed by atoms with van der Waals surface area (Å²) in [6.45, 7) is 3.68. The molecule has 1 aromatic rings. The van der Waals surface area contributed by atoms with Crippen LogP contribution in [0.25, 0.3) is 0 Å². The zero-order valence-corrected chi connectivity index (χ0v) is 18.8. The lowest BCUT2D eigenvalue weighted by Gasteiger charge is -2.22. The van der Waals surface area contributed by atoms with Crippen molar-refractivity contribution in [3.63, 3.8) is 0 Å². The van der Waals surface area contributed by atoms with Crippen molar-refractivity contribution in [2.24, 2.45) is 4.99 Å². The molecule has 1 aromatic carbocycles. The monoisotopic (exact) mass is 442 g/mol. The first kappa shape index (κ1) is 24.2. The lowest BCUT2D eigenvalue weighted by atomic mass is 10.1. The molecule has 1 aliphatic rings. The quantitative estimate of drug-likeness (QED) is 0.348. The SMILES string of the molecule is CN=C(NCCS(=O)(=O)NCC1CCCCO1)NCC(C)Oc1ccccc1OC. The number of methoxy groups -OCH3 is 1. The van der Waals surface area contributed by atoms with Crippen LogP contribution in [0.4, 0.5) is 0 Å². The number of sulfonamides is 1. The van der Waals surface area contributed by atoms with Crippen molar-refractivity contribution in [3.8, 4) is 11.5 Å². The third kappa shape index (κ3) is 8.76. The molecule has 0 radical (unpaired) electrons. The molecule has 0 aromatic heterocycles. The third-order valence-corrected chi connectivity index (χ3v) is 5.99. The van der Waals surface area contributed by atoms with Gasteiger partial charge < -0.3 is 24.8 Å². The Bertz CT molecular complexity index is 766. The number of nitrogens with one attached hydrogen (secondary N) is 3. The van der Waals surface area contributed by atoms with Gasteiger partial charge >= 0.3 is 0 Å². The van der Waals surface area contributed by atoms with Crippen molar-refractivity contribution >= 4 is 16.0 Å². The van der Waals surface area contributed by atoms with E-state index in [4.69, 9.17) is 14.2 Å². The van der Waals surface area contributed by atoms with Gasteiger partial charge in [0.05, 0.1) is 25.5 Å². The van der Waals surface area contributed by atoms with Crippen LogP contribution in [0, 0.1) is 0 Å². The lowest BCUT2D eigenvalue weighted by molar-refractivity contribution is 0.0200. The first-order chi connectivity index (χ1) is 14.4. The van der Waals surface area contributed by atoms with Gasteiger partial charge in [0.25, 0.3) is 0 Å². The normalized spacial score (nSPS) is 18.5. The molecule has 1 aliphatic heterocycles. The molecule has 2 unspecified atom stereocenters. The summed E-state index contributed by atoms with van der Waals surface area (Å²) >= 11 is 0. The summed E-state index contributed by atoms with van der Waals surface area (Å²) in [5, 5.41) is 6.15. The molecular formula is C20H34N4O5S. The standard InChI is InChI=1S/C20H34N4O5S/c1-16(29-19-10-5-4-9-18(19)27-3)14-23-20(21-2)22-11-13-30(25,26)24-15-17-8-6-7-12-28-17/h4-5,9-10,16-17,24H,6-8,11-15H2,1-3H3,(H2,21,22,23). The number of benzene rings is 1. The Kier molecular flexibility index (Phi) is 10.2. The van der Waals surface area contributed by atoms with Crippen molar-refractivity contribution < 1.29 is 22.6 Å². The lowest BCUT2D eigenvalue weighted by Crippen LogP contribution is -2.44. The van der Waals surface area contributed by atoms with E-state index in [2.05, 4.69) is 20.3 Å². The molecule has 3 N–H and O–H groups in total. The summed E-state index contributed by atoms with van der Waals surface area (Å²) in [4.78, 5) is 4.12. The second kappa shape index (κ2) is 12.6. The highest BCUT2D eigenvalue weighted by atomic mass is 32.2. The van der Waals surface area contributed by atoms with Gasteiger partial charge in [0.1, 0.15) is 6.10 Å². The predicted octanol–water partition coefficient (Wildman–Crippen LogP) is 1.12. The Labute approximate surface area is 179 Å². The predicted molar refractivity (Wildman–Crippen MR) is 118 cm³/mol. The van der Waals surface area contributed by atoms with Crippen LogP contribution in [0.1, 0.15) is 26.2 Å². The van der Waals surface area contributed by atoms with Crippen LogP contribution in [0.3, 0.4) is 0 Å². The number of nitrogens with zero attached hydrogens (tertiary/aromatic N) is 1. The average Bonchev–Trinajstić information content (AvgIpc) is 2.76. The molecule has 0 aliphatic carbocycles. The summed E-state index contributed by atoms with van der Waals surface area (Å²) in [5.41, 5.74) is 0. The Balaban J connectivity index is 1.68. The van der Waals surface area contributed by atoms with Gasteiger partial charge in [-0.2, -0.15) is 0 Å². The highest BCUT2D eigenvalue weighted by molar-refractivity contribution is 7.89. The average molecular weight is 443 g/mol. The molecule has 9 nitrogen and oxygen atoms in total. The van der Waals surface area contributed by atoms with Crippen LogP contribution in [0.15, 0.2) is 29.3 Å². The second-order valence-corrected chi connectivity index (χ2v) is 9.04. The fourth-order valence-electron chi connectivity index (χ4n) is 3.00. The summed E-state index contributed by atoms with van der Waals surface area (Å²) in [6.07, 6.45) is 2.84. The maximum Gasteiger partial charge on any atom is 0.213 e. The van der Waals surface area contributed by atoms with Crippen LogP contribution >= 0.6 is 0 Å². The second-order valence-electron chi connectivity index (χ2n) is 7.12. The molecule has 2 atom stereocenters. The van der Waals surface area contributed by atoms with Gasteiger partial charge in [-0.15, -0.1) is 0 Å². The number of guanidine groups is 1. The molecule has 0 saturated carbocycles. The van der Waals surface area contributed by atoms with Crippen molar-refractivity contribution in [1.29, 1.82) is 0 Å². The molecule has 170 valence electrons. The molecule has 1 heterocycles. The van der Waals surface area contributed by atoms with Gasteiger partial charge in [-0.1, -0.05) is 12.1 Å². The van der Waals surface area contributed by atoms with Crippen molar-refractivity contribution in [1.82, 2.24) is 15.4 Å². The van der Waals surface area contributed by atoms with Gasteiger partial charge in [0.2, 0.25) is 10.0 Å². The molecule has 1 saturated heterocycles. The molecule has 0 spiro atoms. The molecule has 2 rings (SSSR count). The number of para-hydroxylation sites is 2. The van der Waals surface area contributed by atoms with Crippen molar-refractivity contribution in [3.05, 3.63) is 24.3 Å². The number of rotatable bonds is 11. The Hall–Kier alpha value is -2.04. The van der Waals surface area contributed by atoms with Crippen LogP contribution < -0.4 is 24.8 Å². The maximum absolute atomic E-state index is 12.2. The van der Waals surface area contributed by atoms with E-state index in [1.165, 1.54) is 0 Å². The molecule has 0 amide bonds. The molecule has 10 heteroatoms. The highest BCUT2D eigenvalue weighted by Crippen LogP contribution is 2.26. The summed E-state index contributed by atoms with van der Waals surface area (Å²) in [6, 6.07) is 7.45. The number of aliphatic imine (C=N–C) groups is 1. The minimum atomic E-state index is -3.38. The molecule has 30 heavy (non-hydrogen) atoms. The third-order valence-electron chi connectivity index (χ3n) is 4.65. The Morgan fingerprint density at radius 3 is 2.70 bits per heavy atom. The number of hydrogen-bond acceptors (Lipinski definition) is 6. The van der Waals surface area contributed by atoms with Gasteiger partial charge in [0.15, 0.2) is 17.5 Å². The van der Waals surface area contributed by atoms with E-state index < -0.39 is 10.0 Å². The van der Waals surface area contributed by atoms with E-state index >= 15 is 0 Å². The van der Waals surface area contributed by atoms with Crippen LogP contribution in [0.2, 0.25) is 0 Å². The van der Waals surface area contributed by atoms with Gasteiger partial charge in [0, 0.05) is 26.7 Å². The van der Waals surface area contributed by atoms with E-state index in [1.807, 2.05) is 31.2 Å². The zero-order chi connectivity index (χ0) is 21.8. The minimum Gasteiger partial charge on any atom is -0.493 e. The van der Waals surface area contributed by atoms with Crippen LogP contribution in [-0.2, 0) is 14.8 Å². The first-order valence-electron chi connectivity index (χ1n) is 10.3. The fourth-order valence-corrected chi connectivity index (χ4v) is 3.95. The van der Waals surface area contributed by atoms with E-state index in [1.54, 1.807) is 14.2 Å². The summed E-state index contributed by atoms with van der Waals surface area (Å²) in [7, 11) is -0.146. The summed E-state index contributed by atoms with van der Waals surface area (Å²) < 4.78 is 43.7. The topological polar surface area (TPSA) is 110 Å². The Morgan fingerprint density at radius 2 is 2.03 bits per heavy atom. The van der Waals surface area contributed by atoms with Gasteiger partial charge in [-0.3, -0.25) is 4.99 Å². The van der Waals surface area contributed by atoms with Gasteiger partial charge in [-0.05, 0) is 38.3 Å². The van der Waals surface area contributed by atoms with Crippen LogP contribution in [-0.4, -0.2) is 72.7 Å². The zero-order valence-electron chi connectivity index (χ0n) is 18.0. The van der Waals surface area contributed by atoms with Gasteiger partial charge in [-0.25, -0.2) is 13.1 Å². The highest BCUT2D eigenvalue weighted by Gasteiger charge is 2.17. The number of ether oxygens (including phenoxy) is 3. The fraction of sp³-hybridized carbons (Fsp3) is 0.650. The van der Waals surface area contributed by atoms with E-state index in [-0.39, 0.29) is 24.5 Å². The summed E-state index contributed by atoms with van der Waals surface area (Å²) in [5.74, 6) is 1.80. The minimum absolute atomic E-state index is 0.0272. The first-order valence-corrected chi connectivity index (χ1v) is 11.9. The molecule has 1 fully saturated rings. The smallest absolute Gasteiger partial charge is 0.213 e. The van der Waals surface area contributed by atoms with Crippen molar-refractivity contribution in [2.75, 3.05) is 46.2 Å². The molecule has 0 bridgehead atoms. The van der Waals surface area contributed by atoms with Crippen LogP contribution in [0.5, 0.6) is 11.5 Å². The van der Waals surface area contributed by atoms with Crippen molar-refractivity contribution in [2.45, 2.75) is 38.4 Å². The van der Waals surface area contributed by atoms with E-state index in [9.17, 15) is 8.42 Å². The van der Waals surface area contributed by atoms with E-state index in [0.717, 1.165) is 19.3 Å². The van der Waals surface area contributed by atoms with E-state index in [0.29, 0.717) is 37.2 Å². The Morgan fingerprint density at radius 1 is 1.27 bits per heavy atom. The maximum atomic E-state index is 12.2. The molecular weight excluding hydrogens is 408 g/mol.